The van der Waals surface area contributed by atoms with E-state index >= 15 is 4.79 Å². The van der Waals surface area contributed by atoms with Gasteiger partial charge in [-0.2, -0.15) is 0 Å². The summed E-state index contributed by atoms with van der Waals surface area (Å²) in [6.07, 6.45) is -3.68. The van der Waals surface area contributed by atoms with Gasteiger partial charge in [-0.05, 0) is 47.1 Å². The first-order chi connectivity index (χ1) is 19.3. The summed E-state index contributed by atoms with van der Waals surface area (Å²) >= 11 is 0. The zero-order chi connectivity index (χ0) is 33.4. The molecule has 0 aromatic rings. The van der Waals surface area contributed by atoms with Gasteiger partial charge in [-0.25, -0.2) is 4.79 Å². The number of likely N-dealkylation sites (N-methyl/N-ethyl adjacent to an activating group) is 3. The first-order valence-corrected chi connectivity index (χ1v) is 12.5. The number of carboxylic acid groups (broad SMARTS) is 1. The maximum absolute atomic E-state index is 15.1. The molecule has 2 amide bonds. The molecule has 39 heavy (non-hydrogen) atoms. The predicted molar refractivity (Wildman–Crippen MR) is 141 cm³/mol. The number of aliphatic carboxylic acids is 1. The number of hydrogen-bond acceptors (Lipinski definition) is 10. The molecule has 5 N–H and O–H groups in total. The van der Waals surface area contributed by atoms with Crippen molar-refractivity contribution in [1.82, 2.24) is 15.1 Å². The van der Waals surface area contributed by atoms with Gasteiger partial charge in [0.15, 0.2) is 22.6 Å². The number of hydrogen-bond donors (Lipinski definition) is 5. The van der Waals surface area contributed by atoms with Crippen molar-refractivity contribution in [2.75, 3.05) is 21.1 Å². The van der Waals surface area contributed by atoms with Gasteiger partial charge < -0.3 is 35.5 Å². The number of aliphatic hydroxyl groups excluding tert-OH is 2. The van der Waals surface area contributed by atoms with Crippen molar-refractivity contribution in [3.8, 4) is 0 Å². The lowest BCUT2D eigenvalue weighted by molar-refractivity contribution is -0.180. The molecule has 0 aliphatic heterocycles. The van der Waals surface area contributed by atoms with Crippen molar-refractivity contribution >= 4 is 35.1 Å². The highest BCUT2D eigenvalue weighted by atomic mass is 16.4. The Balaban J connectivity index is 8.43. The molecule has 0 fully saturated rings. The van der Waals surface area contributed by atoms with Gasteiger partial charge in [0.1, 0.15) is 12.2 Å². The second kappa shape index (κ2) is 13.6. The molecule has 224 valence electrons. The van der Waals surface area contributed by atoms with Crippen LogP contribution in [0.5, 0.6) is 0 Å². The smallest absolute Gasteiger partial charge is 0.343 e. The fraction of sp³-hybridized carbons (Fsp3) is 0.769. The molecule has 13 heteroatoms. The summed E-state index contributed by atoms with van der Waals surface area (Å²) in [5, 5.41) is 43.5. The minimum atomic E-state index is -3.39. The fourth-order valence-corrected chi connectivity index (χ4v) is 4.36. The number of rotatable bonds is 16. The summed E-state index contributed by atoms with van der Waals surface area (Å²) < 4.78 is 23.8. The highest BCUT2D eigenvalue weighted by molar-refractivity contribution is 6.30. The number of amides is 2. The van der Waals surface area contributed by atoms with Crippen LogP contribution in [0.3, 0.4) is 0 Å². The average Bonchev–Trinajstić information content (AvgIpc) is 2.93. The molecule has 0 aromatic heterocycles. The molecular weight excluding hydrogens is 514 g/mol. The first kappa shape index (κ1) is 30.8. The molecule has 0 saturated carbocycles. The van der Waals surface area contributed by atoms with E-state index in [2.05, 4.69) is 5.32 Å². The van der Waals surface area contributed by atoms with Gasteiger partial charge in [0, 0.05) is 18.2 Å². The maximum atomic E-state index is 15.1. The molecule has 0 aliphatic rings. The Bertz CT molecular complexity index is 1020. The molecule has 0 radical (unpaired) electrons. The van der Waals surface area contributed by atoms with Gasteiger partial charge >= 0.3 is 5.97 Å². The average molecular weight is 563 g/mol. The molecule has 0 spiro atoms. The monoisotopic (exact) mass is 562 g/mol. The van der Waals surface area contributed by atoms with Gasteiger partial charge in [-0.1, -0.05) is 33.6 Å². The summed E-state index contributed by atoms with van der Waals surface area (Å²) in [6.45, 7) is 7.72. The predicted octanol–water partition coefficient (Wildman–Crippen LogP) is -0.861. The van der Waals surface area contributed by atoms with E-state index < -0.39 is 97.1 Å². The van der Waals surface area contributed by atoms with Gasteiger partial charge in [0.25, 0.3) is 11.8 Å². The van der Waals surface area contributed by atoms with Crippen LogP contribution in [0.25, 0.3) is 0 Å². The van der Waals surface area contributed by atoms with Crippen molar-refractivity contribution in [2.45, 2.75) is 103 Å². The molecule has 0 unspecified atom stereocenters. The van der Waals surface area contributed by atoms with E-state index in [1.165, 1.54) is 13.8 Å². The lowest BCUT2D eigenvalue weighted by Gasteiger charge is -2.51. The molecular formula is C26H45N3O10. The number of ketones is 3. The molecule has 0 rings (SSSR count). The number of aliphatic hydroxyl groups is 3. The van der Waals surface area contributed by atoms with Crippen molar-refractivity contribution in [2.24, 2.45) is 5.92 Å². The summed E-state index contributed by atoms with van der Waals surface area (Å²) in [6, 6.07) is -1.33. The summed E-state index contributed by atoms with van der Waals surface area (Å²) in [7, 11) is -2.91. The van der Waals surface area contributed by atoms with Crippen molar-refractivity contribution in [3.63, 3.8) is 0 Å². The summed E-state index contributed by atoms with van der Waals surface area (Å²) in [5.74, 6) is -10.9. The second-order valence-corrected chi connectivity index (χ2v) is 9.98. The van der Waals surface area contributed by atoms with Crippen LogP contribution in [-0.2, 0) is 28.8 Å². The van der Waals surface area contributed by atoms with E-state index in [0.717, 1.165) is 20.8 Å². The molecule has 13 nitrogen and oxygen atoms in total. The highest BCUT2D eigenvalue weighted by Gasteiger charge is 2.67. The van der Waals surface area contributed by atoms with E-state index in [1.807, 2.05) is 0 Å². The van der Waals surface area contributed by atoms with E-state index in [4.69, 9.17) is 4.11 Å². The van der Waals surface area contributed by atoms with Crippen LogP contribution in [0.1, 0.15) is 71.8 Å². The van der Waals surface area contributed by atoms with Gasteiger partial charge in [-0.3, -0.25) is 24.0 Å². The van der Waals surface area contributed by atoms with Crippen molar-refractivity contribution in [1.29, 1.82) is 0 Å². The zero-order valence-corrected chi connectivity index (χ0v) is 23.7. The lowest BCUT2D eigenvalue weighted by Crippen LogP contribution is -2.78. The Hall–Kier alpha value is -2.74. The minimum Gasteiger partial charge on any atom is -0.479 e. The Morgan fingerprint density at radius 1 is 0.897 bits per heavy atom. The van der Waals surface area contributed by atoms with Gasteiger partial charge in [0.2, 0.25) is 11.4 Å². The largest absolute Gasteiger partial charge is 0.479 e. The van der Waals surface area contributed by atoms with Crippen LogP contribution < -0.4 is 5.32 Å². The van der Waals surface area contributed by atoms with Gasteiger partial charge in [-0.15, -0.1) is 0 Å². The summed E-state index contributed by atoms with van der Waals surface area (Å²) in [4.78, 5) is 82.8. The normalized spacial score (nSPS) is 20.2. The Kier molecular flexibility index (Phi) is 10.7. The van der Waals surface area contributed by atoms with E-state index in [9.17, 15) is 44.4 Å². The SMILES string of the molecule is [2H]CN[C@@H](CCC)C(=O)[C@](C)(C(=O)[C@@](C(=O)[C@@](C)(O)C(=O)O)([C@@H](C)CC)N(C[2H])C(=O)[C@@H](C)O)N(C[2H])C(=O)[C@H](C)O. The third-order valence-electron chi connectivity index (χ3n) is 7.15. The Morgan fingerprint density at radius 3 is 1.74 bits per heavy atom. The second-order valence-electron chi connectivity index (χ2n) is 9.98. The molecule has 0 heterocycles. The molecule has 0 aromatic carbocycles. The van der Waals surface area contributed by atoms with Crippen LogP contribution in [0.4, 0.5) is 0 Å². The molecule has 7 atom stereocenters. The summed E-state index contributed by atoms with van der Waals surface area (Å²) in [5.41, 5.74) is -9.46. The lowest BCUT2D eigenvalue weighted by atomic mass is 9.64. The van der Waals surface area contributed by atoms with E-state index in [0.29, 0.717) is 18.2 Å². The van der Waals surface area contributed by atoms with Crippen molar-refractivity contribution in [3.05, 3.63) is 0 Å². The van der Waals surface area contributed by atoms with Crippen LogP contribution in [0.15, 0.2) is 0 Å². The Labute approximate surface area is 233 Å². The van der Waals surface area contributed by atoms with Crippen LogP contribution in [0.2, 0.25) is 0 Å². The Morgan fingerprint density at radius 2 is 1.38 bits per heavy atom. The molecule has 0 saturated heterocycles. The standard InChI is InChI=1S/C26H45N3O10/c1-11-13-17(27-8)18(32)24(6,28(9)19(33)15(4)30)21(35)26(14(3)12-2,29(10)20(34)16(5)31)22(36)25(7,39)23(37)38/h14-17,27,30-31,39H,11-13H2,1-10H3,(H,37,38)/t14-,15-,16+,17-,24+,25+,26+/m0/s1/i8D,9D,10D. The number of carboxylic acids is 1. The zero-order valence-electron chi connectivity index (χ0n) is 26.7. The fourth-order valence-electron chi connectivity index (χ4n) is 4.36. The number of nitrogens with one attached hydrogen (secondary N) is 1. The topological polar surface area (TPSA) is 202 Å². The van der Waals surface area contributed by atoms with Crippen molar-refractivity contribution < 1.29 is 53.3 Å². The molecule has 0 aliphatic carbocycles. The van der Waals surface area contributed by atoms with Crippen LogP contribution >= 0.6 is 0 Å². The number of nitrogens with zero attached hydrogens (tertiary/aromatic N) is 2. The minimum absolute atomic E-state index is 0.00117. The highest BCUT2D eigenvalue weighted by Crippen LogP contribution is 2.39. The van der Waals surface area contributed by atoms with Crippen LogP contribution in [0, 0.1) is 5.92 Å². The number of Topliss-reactive ketones (excluding diaryl/α,β-unsaturated/α-hetero) is 3. The quantitative estimate of drug-likeness (QED) is 0.147. The number of carbonyl (C=O) groups is 6. The third-order valence-corrected chi connectivity index (χ3v) is 7.15. The maximum Gasteiger partial charge on any atom is 0.343 e. The van der Waals surface area contributed by atoms with Gasteiger partial charge in [0.05, 0.1) is 6.04 Å². The molecule has 0 bridgehead atoms. The van der Waals surface area contributed by atoms with E-state index in [1.54, 1.807) is 6.92 Å². The number of carbonyl (C=O) groups excluding carboxylic acids is 5. The third kappa shape index (κ3) is 6.37. The van der Waals surface area contributed by atoms with Crippen LogP contribution in [-0.4, -0.2) is 121 Å². The first-order valence-electron chi connectivity index (χ1n) is 14.6. The van der Waals surface area contributed by atoms with E-state index in [-0.39, 0.29) is 17.7 Å².